The molecule has 0 aromatic heterocycles. The van der Waals surface area contributed by atoms with Crippen LogP contribution in [0.25, 0.3) is 0 Å². The predicted octanol–water partition coefficient (Wildman–Crippen LogP) is 1.44. The van der Waals surface area contributed by atoms with Crippen molar-refractivity contribution in [2.24, 2.45) is 5.92 Å². The lowest BCUT2D eigenvalue weighted by atomic mass is 9.89. The lowest BCUT2D eigenvalue weighted by Gasteiger charge is -2.16. The van der Waals surface area contributed by atoms with Gasteiger partial charge in [-0.05, 0) is 12.8 Å². The SMILES string of the molecule is O=C1CCC(C(=O)OCl)CC1. The van der Waals surface area contributed by atoms with Crippen molar-refractivity contribution >= 4 is 23.6 Å². The van der Waals surface area contributed by atoms with E-state index in [9.17, 15) is 9.59 Å². The second-order valence-corrected chi connectivity index (χ2v) is 2.86. The quantitative estimate of drug-likeness (QED) is 0.607. The number of hydrogen-bond donors (Lipinski definition) is 0. The lowest BCUT2D eigenvalue weighted by molar-refractivity contribution is -0.140. The zero-order chi connectivity index (χ0) is 8.27. The van der Waals surface area contributed by atoms with Gasteiger partial charge in [0.15, 0.2) is 0 Å². The highest BCUT2D eigenvalue weighted by atomic mass is 35.5. The summed E-state index contributed by atoms with van der Waals surface area (Å²) in [4.78, 5) is 21.5. The third kappa shape index (κ3) is 2.19. The summed E-state index contributed by atoms with van der Waals surface area (Å²) in [6, 6.07) is 0. The first-order valence-corrected chi connectivity index (χ1v) is 3.89. The van der Waals surface area contributed by atoms with E-state index >= 15 is 0 Å². The molecule has 4 heteroatoms. The minimum absolute atomic E-state index is 0.162. The standard InChI is InChI=1S/C7H9ClO3/c8-11-7(10)5-1-3-6(9)4-2-5/h5H,1-4H2. The van der Waals surface area contributed by atoms with Crippen molar-refractivity contribution in [1.29, 1.82) is 0 Å². The van der Waals surface area contributed by atoms with Crippen molar-refractivity contribution in [3.63, 3.8) is 0 Å². The Morgan fingerprint density at radius 3 is 2.45 bits per heavy atom. The van der Waals surface area contributed by atoms with E-state index in [2.05, 4.69) is 4.29 Å². The number of rotatable bonds is 1. The molecule has 0 bridgehead atoms. The molecule has 0 saturated heterocycles. The Bertz CT molecular complexity index is 169. The molecule has 0 aromatic rings. The highest BCUT2D eigenvalue weighted by Gasteiger charge is 2.25. The zero-order valence-corrected chi connectivity index (χ0v) is 6.76. The molecule has 11 heavy (non-hydrogen) atoms. The molecule has 62 valence electrons. The van der Waals surface area contributed by atoms with Crippen LogP contribution in [-0.2, 0) is 13.9 Å². The van der Waals surface area contributed by atoms with Gasteiger partial charge in [0.05, 0.1) is 5.92 Å². The molecule has 0 aliphatic heterocycles. The van der Waals surface area contributed by atoms with E-state index in [1.807, 2.05) is 0 Å². The Labute approximate surface area is 69.8 Å². The summed E-state index contributed by atoms with van der Waals surface area (Å²) in [5, 5.41) is 0. The van der Waals surface area contributed by atoms with Crippen LogP contribution in [0.15, 0.2) is 0 Å². The Hall–Kier alpha value is -0.570. The van der Waals surface area contributed by atoms with E-state index in [1.165, 1.54) is 0 Å². The summed E-state index contributed by atoms with van der Waals surface area (Å²) in [6.45, 7) is 0. The van der Waals surface area contributed by atoms with E-state index in [0.29, 0.717) is 25.7 Å². The van der Waals surface area contributed by atoms with Gasteiger partial charge in [0, 0.05) is 12.8 Å². The van der Waals surface area contributed by atoms with Crippen LogP contribution in [0.4, 0.5) is 0 Å². The van der Waals surface area contributed by atoms with Crippen LogP contribution in [0, 0.1) is 5.92 Å². The number of Topliss-reactive ketones (excluding diaryl/α,β-unsaturated/α-hetero) is 1. The fourth-order valence-electron chi connectivity index (χ4n) is 1.24. The van der Waals surface area contributed by atoms with Gasteiger partial charge in [-0.15, -0.1) is 0 Å². The molecule has 0 N–H and O–H groups in total. The molecule has 1 aliphatic carbocycles. The summed E-state index contributed by atoms with van der Waals surface area (Å²) < 4.78 is 4.05. The van der Waals surface area contributed by atoms with E-state index in [1.54, 1.807) is 0 Å². The van der Waals surface area contributed by atoms with Gasteiger partial charge < -0.3 is 4.29 Å². The molecule has 0 aromatic carbocycles. The van der Waals surface area contributed by atoms with Gasteiger partial charge in [-0.3, -0.25) is 9.59 Å². The van der Waals surface area contributed by atoms with E-state index in [-0.39, 0.29) is 11.7 Å². The van der Waals surface area contributed by atoms with Crippen LogP contribution in [-0.4, -0.2) is 11.8 Å². The zero-order valence-electron chi connectivity index (χ0n) is 6.01. The Morgan fingerprint density at radius 1 is 1.45 bits per heavy atom. The summed E-state index contributed by atoms with van der Waals surface area (Å²) in [5.41, 5.74) is 0. The van der Waals surface area contributed by atoms with Crippen LogP contribution in [0.2, 0.25) is 0 Å². The Morgan fingerprint density at radius 2 is 2.00 bits per heavy atom. The third-order valence-corrected chi connectivity index (χ3v) is 2.10. The lowest BCUT2D eigenvalue weighted by Crippen LogP contribution is -2.21. The van der Waals surface area contributed by atoms with Gasteiger partial charge in [-0.1, -0.05) is 0 Å². The molecular formula is C7H9ClO3. The van der Waals surface area contributed by atoms with Crippen molar-refractivity contribution in [2.75, 3.05) is 0 Å². The average molecular weight is 177 g/mol. The van der Waals surface area contributed by atoms with Gasteiger partial charge in [0.2, 0.25) is 0 Å². The molecular weight excluding hydrogens is 168 g/mol. The van der Waals surface area contributed by atoms with Gasteiger partial charge >= 0.3 is 5.97 Å². The topological polar surface area (TPSA) is 43.4 Å². The Kier molecular flexibility index (Phi) is 2.88. The highest BCUT2D eigenvalue weighted by Crippen LogP contribution is 2.22. The van der Waals surface area contributed by atoms with Crippen LogP contribution >= 0.6 is 11.9 Å². The molecule has 1 fully saturated rings. The smallest absolute Gasteiger partial charge is 0.327 e. The second-order valence-electron chi connectivity index (χ2n) is 2.71. The largest absolute Gasteiger partial charge is 0.347 e. The third-order valence-electron chi connectivity index (χ3n) is 1.95. The molecule has 0 amide bonds. The number of hydrogen-bond acceptors (Lipinski definition) is 3. The number of carbonyl (C=O) groups excluding carboxylic acids is 2. The normalized spacial score (nSPS) is 19.9. The van der Waals surface area contributed by atoms with Crippen LogP contribution in [0.5, 0.6) is 0 Å². The molecule has 1 aliphatic rings. The molecule has 0 spiro atoms. The van der Waals surface area contributed by atoms with Crippen molar-refractivity contribution in [3.8, 4) is 0 Å². The summed E-state index contributed by atoms with van der Waals surface area (Å²) in [7, 11) is 0. The summed E-state index contributed by atoms with van der Waals surface area (Å²) in [6.07, 6.45) is 2.14. The minimum Gasteiger partial charge on any atom is -0.347 e. The van der Waals surface area contributed by atoms with Gasteiger partial charge in [-0.2, -0.15) is 0 Å². The molecule has 0 heterocycles. The predicted molar refractivity (Wildman–Crippen MR) is 38.9 cm³/mol. The monoisotopic (exact) mass is 176 g/mol. The minimum atomic E-state index is -0.404. The van der Waals surface area contributed by atoms with Gasteiger partial charge in [-0.25, -0.2) is 0 Å². The average Bonchev–Trinajstić information content (AvgIpc) is 2.05. The number of halogens is 1. The van der Waals surface area contributed by atoms with Crippen LogP contribution in [0.1, 0.15) is 25.7 Å². The fourth-order valence-corrected chi connectivity index (χ4v) is 1.36. The van der Waals surface area contributed by atoms with E-state index in [0.717, 1.165) is 0 Å². The maximum absolute atomic E-state index is 10.8. The van der Waals surface area contributed by atoms with Crippen molar-refractivity contribution < 1.29 is 13.9 Å². The first-order chi connectivity index (χ1) is 5.24. The Balaban J connectivity index is 2.39. The van der Waals surface area contributed by atoms with Crippen molar-refractivity contribution in [1.82, 2.24) is 0 Å². The molecule has 0 unspecified atom stereocenters. The van der Waals surface area contributed by atoms with Gasteiger partial charge in [0.25, 0.3) is 0 Å². The second kappa shape index (κ2) is 3.72. The van der Waals surface area contributed by atoms with Crippen LogP contribution in [0.3, 0.4) is 0 Å². The first kappa shape index (κ1) is 8.53. The first-order valence-electron chi connectivity index (χ1n) is 3.58. The summed E-state index contributed by atoms with van der Waals surface area (Å²) >= 11 is 4.89. The molecule has 0 atom stereocenters. The maximum atomic E-state index is 10.8. The van der Waals surface area contributed by atoms with Crippen LogP contribution < -0.4 is 0 Å². The molecule has 1 saturated carbocycles. The maximum Gasteiger partial charge on any atom is 0.327 e. The summed E-state index contributed by atoms with van der Waals surface area (Å²) in [5.74, 6) is -0.340. The van der Waals surface area contributed by atoms with E-state index < -0.39 is 5.97 Å². The van der Waals surface area contributed by atoms with Gasteiger partial charge in [0.1, 0.15) is 17.6 Å². The van der Waals surface area contributed by atoms with Crippen molar-refractivity contribution in [3.05, 3.63) is 0 Å². The molecule has 0 radical (unpaired) electrons. The molecule has 1 rings (SSSR count). The molecule has 3 nitrogen and oxygen atoms in total. The van der Waals surface area contributed by atoms with E-state index in [4.69, 9.17) is 11.9 Å². The number of carbonyl (C=O) groups is 2. The van der Waals surface area contributed by atoms with Crippen molar-refractivity contribution in [2.45, 2.75) is 25.7 Å². The highest BCUT2D eigenvalue weighted by molar-refractivity contribution is 6.13. The fraction of sp³-hybridized carbons (Fsp3) is 0.714. The number of ketones is 1.